The van der Waals surface area contributed by atoms with Gasteiger partial charge in [0.05, 0.1) is 6.07 Å². The summed E-state index contributed by atoms with van der Waals surface area (Å²) in [5, 5.41) is 25.3. The lowest BCUT2D eigenvalue weighted by Crippen LogP contribution is -2.10. The normalized spacial score (nSPS) is 10.5. The second-order valence-electron chi connectivity index (χ2n) is 5.66. The molecular weight excluding hydrogens is 380 g/mol. The fourth-order valence-corrected chi connectivity index (χ4v) is 2.36. The number of nitro groups is 1. The molecule has 11 heteroatoms. The molecule has 0 aliphatic rings. The third-order valence-corrected chi connectivity index (χ3v) is 3.70. The number of nitrogens with zero attached hydrogens (tertiary/aromatic N) is 5. The average Bonchev–Trinajstić information content (AvgIpc) is 3.42. The molecule has 29 heavy (non-hydrogen) atoms. The van der Waals surface area contributed by atoms with Crippen LogP contribution in [0.15, 0.2) is 71.4 Å². The lowest BCUT2D eigenvalue weighted by Gasteiger charge is -2.07. The van der Waals surface area contributed by atoms with Crippen molar-refractivity contribution < 1.29 is 18.9 Å². The summed E-state index contributed by atoms with van der Waals surface area (Å²) in [6.07, 6.45) is 3.39. The van der Waals surface area contributed by atoms with E-state index >= 15 is 0 Å². The first-order chi connectivity index (χ1) is 14.1. The summed E-state index contributed by atoms with van der Waals surface area (Å²) in [5.41, 5.74) is 0.460. The predicted molar refractivity (Wildman–Crippen MR) is 99.0 cm³/mol. The number of hydrogen-bond acceptors (Lipinski definition) is 8. The fraction of sp³-hybridized carbons (Fsp3) is 0. The molecule has 1 N–H and O–H groups in total. The zero-order chi connectivity index (χ0) is 20.2. The number of rotatable bonds is 6. The van der Waals surface area contributed by atoms with Gasteiger partial charge in [-0.2, -0.15) is 5.10 Å². The summed E-state index contributed by atoms with van der Waals surface area (Å²) >= 11 is 0. The Balaban J connectivity index is 1.38. The van der Waals surface area contributed by atoms with Gasteiger partial charge in [-0.3, -0.25) is 14.9 Å². The molecule has 0 fully saturated rings. The zero-order valence-corrected chi connectivity index (χ0v) is 14.6. The number of amides is 1. The van der Waals surface area contributed by atoms with Gasteiger partial charge in [0.15, 0.2) is 11.6 Å². The Labute approximate surface area is 162 Å². The number of anilines is 1. The molecule has 11 nitrogen and oxygen atoms in total. The summed E-state index contributed by atoms with van der Waals surface area (Å²) in [6.45, 7) is 0. The van der Waals surface area contributed by atoms with Gasteiger partial charge < -0.3 is 14.5 Å². The number of nitrogens with one attached hydrogen (secondary N) is 1. The number of carbonyl (C=O) groups is 1. The standard InChI is InChI=1S/C18H12N6O5/c25-18(14-6-9-17(29-14)24(26)27)20-12-2-4-13(5-3-12)28-16-8-7-15(21-22-16)23-11-1-10-19-23/h1-11H,(H,20,25). The lowest BCUT2D eigenvalue weighted by atomic mass is 10.3. The molecule has 0 bridgehead atoms. The first kappa shape index (κ1) is 17.9. The highest BCUT2D eigenvalue weighted by Gasteiger charge is 2.17. The van der Waals surface area contributed by atoms with Gasteiger partial charge in [-0.15, -0.1) is 10.2 Å². The third-order valence-electron chi connectivity index (χ3n) is 3.70. The Morgan fingerprint density at radius 2 is 1.93 bits per heavy atom. The van der Waals surface area contributed by atoms with Crippen LogP contribution in [0, 0.1) is 10.1 Å². The van der Waals surface area contributed by atoms with Crippen molar-refractivity contribution in [1.29, 1.82) is 0 Å². The number of carbonyl (C=O) groups excluding carboxylic acids is 1. The van der Waals surface area contributed by atoms with Crippen LogP contribution >= 0.6 is 0 Å². The summed E-state index contributed by atoms with van der Waals surface area (Å²) in [6, 6.07) is 14.0. The van der Waals surface area contributed by atoms with E-state index in [4.69, 9.17) is 9.15 Å². The second-order valence-corrected chi connectivity index (χ2v) is 5.66. The van der Waals surface area contributed by atoms with E-state index in [2.05, 4.69) is 20.6 Å². The number of ether oxygens (including phenoxy) is 1. The quantitative estimate of drug-likeness (QED) is 0.390. The number of hydrogen-bond donors (Lipinski definition) is 1. The van der Waals surface area contributed by atoms with Crippen LogP contribution in [0.4, 0.5) is 11.6 Å². The zero-order valence-electron chi connectivity index (χ0n) is 14.6. The average molecular weight is 392 g/mol. The molecule has 0 atom stereocenters. The van der Waals surface area contributed by atoms with Crippen molar-refractivity contribution in [3.8, 4) is 17.4 Å². The Bertz CT molecular complexity index is 1140. The van der Waals surface area contributed by atoms with Crippen LogP contribution in [0.2, 0.25) is 0 Å². The van der Waals surface area contributed by atoms with Gasteiger partial charge in [-0.1, -0.05) is 0 Å². The van der Waals surface area contributed by atoms with Gasteiger partial charge in [0.1, 0.15) is 10.7 Å². The van der Waals surface area contributed by atoms with E-state index in [0.29, 0.717) is 23.1 Å². The van der Waals surface area contributed by atoms with Crippen LogP contribution in [0.5, 0.6) is 11.6 Å². The lowest BCUT2D eigenvalue weighted by molar-refractivity contribution is -0.402. The molecule has 0 spiro atoms. The first-order valence-electron chi connectivity index (χ1n) is 8.26. The summed E-state index contributed by atoms with van der Waals surface area (Å²) in [7, 11) is 0. The maximum Gasteiger partial charge on any atom is 0.433 e. The number of benzene rings is 1. The molecular formula is C18H12N6O5. The summed E-state index contributed by atoms with van der Waals surface area (Å²) in [5.74, 6) is 0.0620. The van der Waals surface area contributed by atoms with E-state index in [1.54, 1.807) is 59.5 Å². The smallest absolute Gasteiger partial charge is 0.433 e. The Hall–Kier alpha value is -4.54. The van der Waals surface area contributed by atoms with Crippen LogP contribution in [0.3, 0.4) is 0 Å². The largest absolute Gasteiger partial charge is 0.438 e. The molecule has 3 heterocycles. The highest BCUT2D eigenvalue weighted by Crippen LogP contribution is 2.22. The molecule has 0 radical (unpaired) electrons. The third kappa shape index (κ3) is 4.08. The second kappa shape index (κ2) is 7.60. The molecule has 0 saturated carbocycles. The summed E-state index contributed by atoms with van der Waals surface area (Å²) in [4.78, 5) is 22.0. The van der Waals surface area contributed by atoms with Gasteiger partial charge >= 0.3 is 5.88 Å². The van der Waals surface area contributed by atoms with Crippen LogP contribution in [0.25, 0.3) is 5.82 Å². The molecule has 1 amide bonds. The molecule has 0 aliphatic carbocycles. The minimum absolute atomic E-state index is 0.162. The van der Waals surface area contributed by atoms with E-state index in [0.717, 1.165) is 6.07 Å². The maximum absolute atomic E-state index is 12.1. The highest BCUT2D eigenvalue weighted by atomic mass is 16.6. The number of furan rings is 1. The van der Waals surface area contributed by atoms with Gasteiger partial charge in [0.2, 0.25) is 5.88 Å². The minimum Gasteiger partial charge on any atom is -0.438 e. The molecule has 0 aliphatic heterocycles. The van der Waals surface area contributed by atoms with Crippen molar-refractivity contribution in [2.75, 3.05) is 5.32 Å². The SMILES string of the molecule is O=C(Nc1ccc(Oc2ccc(-n3cccn3)nn2)cc1)c1ccc([N+](=O)[O-])o1. The van der Waals surface area contributed by atoms with E-state index in [-0.39, 0.29) is 5.76 Å². The number of aromatic nitrogens is 4. The molecule has 1 aromatic carbocycles. The van der Waals surface area contributed by atoms with Crippen LogP contribution in [-0.4, -0.2) is 30.8 Å². The molecule has 4 aromatic rings. The first-order valence-corrected chi connectivity index (χ1v) is 8.26. The van der Waals surface area contributed by atoms with Crippen molar-refractivity contribution in [3.05, 3.63) is 82.9 Å². The van der Waals surface area contributed by atoms with E-state index < -0.39 is 16.7 Å². The van der Waals surface area contributed by atoms with E-state index in [1.807, 2.05) is 0 Å². The molecule has 4 rings (SSSR count). The van der Waals surface area contributed by atoms with Gasteiger partial charge in [0.25, 0.3) is 5.91 Å². The Morgan fingerprint density at radius 1 is 1.10 bits per heavy atom. The fourth-order valence-electron chi connectivity index (χ4n) is 2.36. The topological polar surface area (TPSA) is 138 Å². The van der Waals surface area contributed by atoms with Crippen LogP contribution in [0.1, 0.15) is 10.6 Å². The minimum atomic E-state index is -0.715. The molecule has 144 valence electrons. The van der Waals surface area contributed by atoms with Crippen LogP contribution in [-0.2, 0) is 0 Å². The van der Waals surface area contributed by atoms with Crippen molar-refractivity contribution in [2.45, 2.75) is 0 Å². The van der Waals surface area contributed by atoms with Gasteiger partial charge in [-0.25, -0.2) is 4.68 Å². The molecule has 3 aromatic heterocycles. The van der Waals surface area contributed by atoms with Gasteiger partial charge in [-0.05, 0) is 42.5 Å². The Kier molecular flexibility index (Phi) is 4.68. The highest BCUT2D eigenvalue weighted by molar-refractivity contribution is 6.02. The van der Waals surface area contributed by atoms with E-state index in [1.165, 1.54) is 6.07 Å². The molecule has 0 saturated heterocycles. The Morgan fingerprint density at radius 3 is 2.55 bits per heavy atom. The van der Waals surface area contributed by atoms with Crippen LogP contribution < -0.4 is 10.1 Å². The predicted octanol–water partition coefficient (Wildman–Crippen LogP) is 3.21. The van der Waals surface area contributed by atoms with Crippen molar-refractivity contribution in [3.63, 3.8) is 0 Å². The van der Waals surface area contributed by atoms with Crippen molar-refractivity contribution in [1.82, 2.24) is 20.0 Å². The molecule has 0 unspecified atom stereocenters. The van der Waals surface area contributed by atoms with Gasteiger partial charge in [0, 0.05) is 24.1 Å². The van der Waals surface area contributed by atoms with E-state index in [9.17, 15) is 14.9 Å². The monoisotopic (exact) mass is 392 g/mol. The van der Waals surface area contributed by atoms with Crippen molar-refractivity contribution >= 4 is 17.5 Å². The maximum atomic E-state index is 12.1. The summed E-state index contributed by atoms with van der Waals surface area (Å²) < 4.78 is 12.0. The van der Waals surface area contributed by atoms with Crippen molar-refractivity contribution in [2.24, 2.45) is 0 Å².